The van der Waals surface area contributed by atoms with Crippen LogP contribution in [-0.4, -0.2) is 42.6 Å². The Morgan fingerprint density at radius 2 is 2.30 bits per heavy atom. The van der Waals surface area contributed by atoms with Crippen molar-refractivity contribution in [2.24, 2.45) is 0 Å². The van der Waals surface area contributed by atoms with Crippen LogP contribution in [0.3, 0.4) is 0 Å². The Bertz CT molecular complexity index is 676. The lowest BCUT2D eigenvalue weighted by molar-refractivity contribution is -0.0637. The maximum Gasteiger partial charge on any atom is 0.164 e. The zero-order valence-electron chi connectivity index (χ0n) is 10.6. The highest BCUT2D eigenvalue weighted by Crippen LogP contribution is 2.47. The number of aliphatic hydroxyl groups excluding tert-OH is 1. The number of nitrogens with zero attached hydrogens (tertiary/aromatic N) is 3. The van der Waals surface area contributed by atoms with Gasteiger partial charge in [-0.2, -0.15) is 0 Å². The van der Waals surface area contributed by atoms with Gasteiger partial charge in [0.05, 0.1) is 11.5 Å². The number of hydrogen-bond acceptors (Lipinski definition) is 5. The Balaban J connectivity index is 1.79. The largest absolute Gasteiger partial charge is 0.385 e. The minimum Gasteiger partial charge on any atom is -0.385 e. The summed E-state index contributed by atoms with van der Waals surface area (Å²) in [5, 5.41) is 22.1. The van der Waals surface area contributed by atoms with E-state index in [4.69, 9.17) is 16.3 Å². The second-order valence-corrected chi connectivity index (χ2v) is 5.83. The molecule has 3 heterocycles. The summed E-state index contributed by atoms with van der Waals surface area (Å²) >= 11 is 6.02. The highest BCUT2D eigenvalue weighted by Gasteiger charge is 2.58. The number of fused-ring (bicyclic) bond motifs is 2. The van der Waals surface area contributed by atoms with E-state index in [2.05, 4.69) is 9.97 Å². The zero-order valence-corrected chi connectivity index (χ0v) is 11.4. The van der Waals surface area contributed by atoms with Crippen molar-refractivity contribution in [1.82, 2.24) is 14.5 Å². The molecule has 4 atom stereocenters. The van der Waals surface area contributed by atoms with Crippen molar-refractivity contribution in [2.75, 3.05) is 0 Å². The number of halogens is 1. The van der Waals surface area contributed by atoms with Crippen LogP contribution in [0.15, 0.2) is 18.6 Å². The minimum absolute atomic E-state index is 0.322. The third kappa shape index (κ3) is 1.50. The summed E-state index contributed by atoms with van der Waals surface area (Å²) in [6.45, 7) is 0. The Labute approximate surface area is 120 Å². The monoisotopic (exact) mass is 295 g/mol. The standard InChI is InChI=1S/C13H14ClN3O3/c14-10-7-3-5-17(11(7)16-6-15-10)12-9(18)13(19)4-1-2-8(13)20-12/h3,5-6,8-9,12,18-19H,1-2,4H2. The molecule has 0 amide bonds. The third-order valence-electron chi connectivity index (χ3n) is 4.42. The molecule has 0 aromatic carbocycles. The highest BCUT2D eigenvalue weighted by atomic mass is 35.5. The van der Waals surface area contributed by atoms with E-state index < -0.39 is 17.9 Å². The van der Waals surface area contributed by atoms with E-state index in [1.165, 1.54) is 6.33 Å². The van der Waals surface area contributed by atoms with Crippen molar-refractivity contribution in [1.29, 1.82) is 0 Å². The molecule has 2 aliphatic rings. The van der Waals surface area contributed by atoms with Crippen molar-refractivity contribution in [3.8, 4) is 0 Å². The van der Waals surface area contributed by atoms with Crippen molar-refractivity contribution in [3.05, 3.63) is 23.7 Å². The van der Waals surface area contributed by atoms with Gasteiger partial charge >= 0.3 is 0 Å². The van der Waals surface area contributed by atoms with Crippen molar-refractivity contribution in [2.45, 2.75) is 43.3 Å². The Hall–Kier alpha value is -1.21. The fourth-order valence-electron chi connectivity index (χ4n) is 3.36. The summed E-state index contributed by atoms with van der Waals surface area (Å²) in [6, 6.07) is 1.78. The molecular weight excluding hydrogens is 282 g/mol. The third-order valence-corrected chi connectivity index (χ3v) is 4.72. The molecule has 2 fully saturated rings. The molecule has 1 saturated carbocycles. The van der Waals surface area contributed by atoms with Gasteiger partial charge in [-0.1, -0.05) is 11.6 Å². The molecule has 7 heteroatoms. The van der Waals surface area contributed by atoms with Crippen LogP contribution in [0, 0.1) is 0 Å². The molecule has 1 saturated heterocycles. The fraction of sp³-hybridized carbons (Fsp3) is 0.538. The molecule has 4 unspecified atom stereocenters. The van der Waals surface area contributed by atoms with E-state index in [-0.39, 0.29) is 6.10 Å². The summed E-state index contributed by atoms with van der Waals surface area (Å²) in [5.74, 6) is 0. The van der Waals surface area contributed by atoms with Crippen LogP contribution in [0.4, 0.5) is 0 Å². The first-order valence-corrected chi connectivity index (χ1v) is 7.02. The zero-order chi connectivity index (χ0) is 13.9. The summed E-state index contributed by atoms with van der Waals surface area (Å²) < 4.78 is 7.56. The van der Waals surface area contributed by atoms with Gasteiger partial charge in [0.1, 0.15) is 28.8 Å². The van der Waals surface area contributed by atoms with Crippen LogP contribution in [-0.2, 0) is 4.74 Å². The van der Waals surface area contributed by atoms with E-state index in [0.29, 0.717) is 22.6 Å². The average molecular weight is 296 g/mol. The summed E-state index contributed by atoms with van der Waals surface area (Å²) in [6.07, 6.45) is 3.38. The van der Waals surface area contributed by atoms with Crippen LogP contribution >= 0.6 is 11.6 Å². The molecule has 2 N–H and O–H groups in total. The molecule has 4 rings (SSSR count). The van der Waals surface area contributed by atoms with E-state index in [1.807, 2.05) is 0 Å². The van der Waals surface area contributed by atoms with E-state index in [1.54, 1.807) is 16.8 Å². The molecule has 1 aliphatic heterocycles. The van der Waals surface area contributed by atoms with Crippen LogP contribution in [0.5, 0.6) is 0 Å². The van der Waals surface area contributed by atoms with E-state index in [9.17, 15) is 10.2 Å². The average Bonchev–Trinajstić information content (AvgIpc) is 3.06. The van der Waals surface area contributed by atoms with Gasteiger partial charge in [0.2, 0.25) is 0 Å². The van der Waals surface area contributed by atoms with Gasteiger partial charge in [-0.05, 0) is 25.3 Å². The number of ether oxygens (including phenoxy) is 1. The molecule has 0 radical (unpaired) electrons. The first-order chi connectivity index (χ1) is 9.61. The predicted octanol–water partition coefficient (Wildman–Crippen LogP) is 1.26. The van der Waals surface area contributed by atoms with Crippen LogP contribution in [0.2, 0.25) is 5.15 Å². The SMILES string of the molecule is OC1C(n2ccc3c(Cl)ncnc32)OC2CCCC21O. The molecule has 106 valence electrons. The summed E-state index contributed by atoms with van der Waals surface area (Å²) in [5.41, 5.74) is -0.560. The van der Waals surface area contributed by atoms with Gasteiger partial charge in [0.15, 0.2) is 6.23 Å². The lowest BCUT2D eigenvalue weighted by Gasteiger charge is -2.25. The second-order valence-electron chi connectivity index (χ2n) is 5.47. The van der Waals surface area contributed by atoms with Crippen molar-refractivity contribution in [3.63, 3.8) is 0 Å². The topological polar surface area (TPSA) is 80.4 Å². The summed E-state index contributed by atoms with van der Waals surface area (Å²) in [7, 11) is 0. The minimum atomic E-state index is -1.15. The number of rotatable bonds is 1. The van der Waals surface area contributed by atoms with Crippen molar-refractivity contribution < 1.29 is 14.9 Å². The predicted molar refractivity (Wildman–Crippen MR) is 71.3 cm³/mol. The molecule has 6 nitrogen and oxygen atoms in total. The normalized spacial score (nSPS) is 36.6. The van der Waals surface area contributed by atoms with Gasteiger partial charge in [-0.3, -0.25) is 0 Å². The Morgan fingerprint density at radius 1 is 1.45 bits per heavy atom. The lowest BCUT2D eigenvalue weighted by atomic mass is 9.94. The van der Waals surface area contributed by atoms with Crippen LogP contribution in [0.1, 0.15) is 25.5 Å². The molecular formula is C13H14ClN3O3. The number of aromatic nitrogens is 3. The molecule has 0 spiro atoms. The Morgan fingerprint density at radius 3 is 3.10 bits per heavy atom. The smallest absolute Gasteiger partial charge is 0.164 e. The van der Waals surface area contributed by atoms with Gasteiger partial charge in [0.25, 0.3) is 0 Å². The van der Waals surface area contributed by atoms with E-state index in [0.717, 1.165) is 12.8 Å². The first kappa shape index (κ1) is 12.5. The molecule has 20 heavy (non-hydrogen) atoms. The first-order valence-electron chi connectivity index (χ1n) is 6.64. The van der Waals surface area contributed by atoms with Crippen LogP contribution in [0.25, 0.3) is 11.0 Å². The summed E-state index contributed by atoms with van der Waals surface area (Å²) in [4.78, 5) is 8.12. The molecule has 2 aromatic rings. The van der Waals surface area contributed by atoms with E-state index >= 15 is 0 Å². The lowest BCUT2D eigenvalue weighted by Crippen LogP contribution is -2.43. The van der Waals surface area contributed by atoms with Gasteiger partial charge in [-0.15, -0.1) is 0 Å². The van der Waals surface area contributed by atoms with Gasteiger partial charge in [0, 0.05) is 6.20 Å². The molecule has 2 aromatic heterocycles. The maximum atomic E-state index is 10.5. The maximum absolute atomic E-state index is 10.5. The second kappa shape index (κ2) is 4.14. The molecule has 0 bridgehead atoms. The number of hydrogen-bond donors (Lipinski definition) is 2. The van der Waals surface area contributed by atoms with Crippen LogP contribution < -0.4 is 0 Å². The quantitative estimate of drug-likeness (QED) is 0.774. The van der Waals surface area contributed by atoms with Gasteiger partial charge < -0.3 is 19.5 Å². The fourth-order valence-corrected chi connectivity index (χ4v) is 3.55. The Kier molecular flexibility index (Phi) is 2.59. The van der Waals surface area contributed by atoms with Gasteiger partial charge in [-0.25, -0.2) is 9.97 Å². The molecule has 1 aliphatic carbocycles. The highest BCUT2D eigenvalue weighted by molar-refractivity contribution is 6.33. The van der Waals surface area contributed by atoms with Crippen molar-refractivity contribution >= 4 is 22.6 Å². The number of aliphatic hydroxyl groups is 2.